The number of amides is 1. The van der Waals surface area contributed by atoms with E-state index in [2.05, 4.69) is 21.1 Å². The lowest BCUT2D eigenvalue weighted by atomic mass is 10.2. The molecular weight excluding hydrogens is 309 g/mol. The van der Waals surface area contributed by atoms with Crippen molar-refractivity contribution in [3.05, 3.63) is 35.5 Å². The molecule has 1 heterocycles. The second kappa shape index (κ2) is 7.02. The van der Waals surface area contributed by atoms with Gasteiger partial charge in [0.25, 0.3) is 0 Å². The van der Waals surface area contributed by atoms with Crippen molar-refractivity contribution in [1.29, 1.82) is 0 Å². The van der Waals surface area contributed by atoms with E-state index in [0.29, 0.717) is 18.0 Å². The van der Waals surface area contributed by atoms with Crippen molar-refractivity contribution < 1.29 is 22.7 Å². The molecule has 1 N–H and O–H groups in total. The summed E-state index contributed by atoms with van der Waals surface area (Å²) in [4.78, 5) is 15.7. The van der Waals surface area contributed by atoms with E-state index in [9.17, 15) is 18.0 Å². The monoisotopic (exact) mass is 328 g/mol. The Labute approximate surface area is 132 Å². The highest BCUT2D eigenvalue weighted by atomic mass is 19.4. The third kappa shape index (κ3) is 5.92. The van der Waals surface area contributed by atoms with Gasteiger partial charge in [0.15, 0.2) is 6.61 Å². The van der Waals surface area contributed by atoms with Crippen LogP contribution in [-0.2, 0) is 11.3 Å². The van der Waals surface area contributed by atoms with Crippen molar-refractivity contribution >= 4 is 5.91 Å². The quantitative estimate of drug-likeness (QED) is 0.816. The van der Waals surface area contributed by atoms with Crippen LogP contribution in [0.4, 0.5) is 13.2 Å². The van der Waals surface area contributed by atoms with Crippen molar-refractivity contribution in [1.82, 2.24) is 10.3 Å². The minimum Gasteiger partial charge on any atom is -0.468 e. The summed E-state index contributed by atoms with van der Waals surface area (Å²) in [5.41, 5.74) is 1.90. The van der Waals surface area contributed by atoms with E-state index >= 15 is 0 Å². The van der Waals surface area contributed by atoms with Crippen LogP contribution in [0.2, 0.25) is 0 Å². The summed E-state index contributed by atoms with van der Waals surface area (Å²) >= 11 is 0. The second-order valence-electron chi connectivity index (χ2n) is 5.88. The predicted molar refractivity (Wildman–Crippen MR) is 78.7 cm³/mol. The first-order valence-corrected chi connectivity index (χ1v) is 7.32. The highest BCUT2D eigenvalue weighted by Crippen LogP contribution is 2.40. The lowest BCUT2D eigenvalue weighted by Crippen LogP contribution is -2.25. The molecular formula is C16H19F3N2O2. The summed E-state index contributed by atoms with van der Waals surface area (Å²) in [6.07, 6.45) is -0.0368. The minimum absolute atomic E-state index is 0.00935. The minimum atomic E-state index is -4.39. The number of hydrogen-bond acceptors (Lipinski definition) is 3. The summed E-state index contributed by atoms with van der Waals surface area (Å²) in [6, 6.07) is 2.94. The smallest absolute Gasteiger partial charge is 0.422 e. The van der Waals surface area contributed by atoms with Crippen LogP contribution in [0.1, 0.15) is 25.8 Å². The van der Waals surface area contributed by atoms with Gasteiger partial charge in [-0.25, -0.2) is 4.98 Å². The van der Waals surface area contributed by atoms with Crippen LogP contribution >= 0.6 is 0 Å². The Kier molecular flexibility index (Phi) is 5.28. The van der Waals surface area contributed by atoms with Gasteiger partial charge < -0.3 is 10.1 Å². The van der Waals surface area contributed by atoms with E-state index in [-0.39, 0.29) is 17.7 Å². The summed E-state index contributed by atoms with van der Waals surface area (Å²) in [5, 5.41) is 2.81. The molecule has 1 saturated carbocycles. The fraction of sp³-hybridized carbons (Fsp3) is 0.500. The zero-order valence-corrected chi connectivity index (χ0v) is 13.0. The zero-order valence-electron chi connectivity index (χ0n) is 13.0. The normalized spacial score (nSPS) is 19.9. The van der Waals surface area contributed by atoms with Crippen LogP contribution < -0.4 is 10.1 Å². The van der Waals surface area contributed by atoms with Crippen LogP contribution in [-0.4, -0.2) is 23.7 Å². The molecule has 0 saturated heterocycles. The van der Waals surface area contributed by atoms with Crippen LogP contribution in [0.25, 0.3) is 0 Å². The van der Waals surface area contributed by atoms with Gasteiger partial charge in [0.1, 0.15) is 0 Å². The Morgan fingerprint density at radius 3 is 2.74 bits per heavy atom. The summed E-state index contributed by atoms with van der Waals surface area (Å²) in [7, 11) is 0. The highest BCUT2D eigenvalue weighted by molar-refractivity contribution is 5.81. The van der Waals surface area contributed by atoms with Gasteiger partial charge in [-0.05, 0) is 31.7 Å². The number of halogens is 3. The van der Waals surface area contributed by atoms with E-state index in [1.807, 2.05) is 13.8 Å². The molecule has 126 valence electrons. The Balaban J connectivity index is 1.76. The molecule has 23 heavy (non-hydrogen) atoms. The van der Waals surface area contributed by atoms with Gasteiger partial charge >= 0.3 is 6.18 Å². The Morgan fingerprint density at radius 1 is 1.43 bits per heavy atom. The number of ether oxygens (including phenoxy) is 1. The molecule has 2 rings (SSSR count). The Morgan fingerprint density at radius 2 is 2.17 bits per heavy atom. The van der Waals surface area contributed by atoms with Crippen molar-refractivity contribution in [2.24, 2.45) is 11.8 Å². The molecule has 1 aliphatic rings. The van der Waals surface area contributed by atoms with Gasteiger partial charge in [-0.3, -0.25) is 4.79 Å². The first-order valence-electron chi connectivity index (χ1n) is 7.32. The van der Waals surface area contributed by atoms with Gasteiger partial charge in [-0.1, -0.05) is 17.7 Å². The molecule has 1 fully saturated rings. The molecule has 1 aliphatic carbocycles. The number of allylic oxidation sites excluding steroid dienone is 2. The fourth-order valence-electron chi connectivity index (χ4n) is 2.21. The molecule has 0 spiro atoms. The van der Waals surface area contributed by atoms with E-state index in [0.717, 1.165) is 6.42 Å². The van der Waals surface area contributed by atoms with Gasteiger partial charge in [-0.15, -0.1) is 0 Å². The summed E-state index contributed by atoms with van der Waals surface area (Å²) < 4.78 is 40.6. The molecule has 0 radical (unpaired) electrons. The van der Waals surface area contributed by atoms with Crippen molar-refractivity contribution in [2.45, 2.75) is 33.0 Å². The predicted octanol–water partition coefficient (Wildman–Crippen LogP) is 3.24. The van der Waals surface area contributed by atoms with E-state index < -0.39 is 12.8 Å². The number of hydrogen-bond donors (Lipinski definition) is 1. The van der Waals surface area contributed by atoms with E-state index in [1.54, 1.807) is 6.07 Å². The maximum atomic E-state index is 12.0. The maximum Gasteiger partial charge on any atom is 0.422 e. The van der Waals surface area contributed by atoms with Crippen LogP contribution in [0, 0.1) is 11.8 Å². The molecule has 2 unspecified atom stereocenters. The fourth-order valence-corrected chi connectivity index (χ4v) is 2.21. The molecule has 1 amide bonds. The van der Waals surface area contributed by atoms with Crippen LogP contribution in [0.15, 0.2) is 30.0 Å². The molecule has 2 atom stereocenters. The molecule has 0 bridgehead atoms. The standard InChI is InChI=1S/C16H19F3N2O2/c1-10(2)5-12-6-13(12)15(22)21-8-11-3-4-14(20-7-11)23-9-16(17,18)19/h3-5,7,12-13H,6,8-9H2,1-2H3,(H,21,22). The summed E-state index contributed by atoms with van der Waals surface area (Å²) in [6.45, 7) is 2.93. The molecule has 1 aromatic heterocycles. The third-order valence-electron chi connectivity index (χ3n) is 3.37. The highest BCUT2D eigenvalue weighted by Gasteiger charge is 2.40. The van der Waals surface area contributed by atoms with E-state index in [1.165, 1.54) is 17.8 Å². The number of nitrogens with zero attached hydrogens (tertiary/aromatic N) is 1. The number of rotatable bonds is 6. The molecule has 7 heteroatoms. The SMILES string of the molecule is CC(C)=CC1CC1C(=O)NCc1ccc(OCC(F)(F)F)nc1. The number of carbonyl (C=O) groups excluding carboxylic acids is 1. The van der Waals surface area contributed by atoms with E-state index in [4.69, 9.17) is 0 Å². The number of carbonyl (C=O) groups is 1. The molecule has 1 aromatic rings. The lowest BCUT2D eigenvalue weighted by Gasteiger charge is -2.09. The van der Waals surface area contributed by atoms with Crippen molar-refractivity contribution in [3.8, 4) is 5.88 Å². The van der Waals surface area contributed by atoms with Crippen molar-refractivity contribution in [2.75, 3.05) is 6.61 Å². The summed E-state index contributed by atoms with van der Waals surface area (Å²) in [5.74, 6) is 0.233. The zero-order chi connectivity index (χ0) is 17.0. The molecule has 4 nitrogen and oxygen atoms in total. The Bertz CT molecular complexity index is 578. The van der Waals surface area contributed by atoms with Crippen LogP contribution in [0.3, 0.4) is 0 Å². The number of aromatic nitrogens is 1. The Hall–Kier alpha value is -2.05. The lowest BCUT2D eigenvalue weighted by molar-refractivity contribution is -0.154. The average molecular weight is 328 g/mol. The largest absolute Gasteiger partial charge is 0.468 e. The second-order valence-corrected chi connectivity index (χ2v) is 5.88. The van der Waals surface area contributed by atoms with Gasteiger partial charge in [0, 0.05) is 24.7 Å². The first kappa shape index (κ1) is 17.3. The van der Waals surface area contributed by atoms with Gasteiger partial charge in [0.05, 0.1) is 0 Å². The average Bonchev–Trinajstić information content (AvgIpc) is 3.21. The van der Waals surface area contributed by atoms with Gasteiger partial charge in [0.2, 0.25) is 11.8 Å². The van der Waals surface area contributed by atoms with Crippen molar-refractivity contribution in [3.63, 3.8) is 0 Å². The number of nitrogens with one attached hydrogen (secondary N) is 1. The molecule has 0 aliphatic heterocycles. The first-order chi connectivity index (χ1) is 10.7. The van der Waals surface area contributed by atoms with Gasteiger partial charge in [-0.2, -0.15) is 13.2 Å². The maximum absolute atomic E-state index is 12.0. The molecule has 0 aromatic carbocycles. The topological polar surface area (TPSA) is 51.2 Å². The third-order valence-corrected chi connectivity index (χ3v) is 3.37. The number of pyridine rings is 1. The number of alkyl halides is 3. The van der Waals surface area contributed by atoms with Crippen LogP contribution in [0.5, 0.6) is 5.88 Å².